The summed E-state index contributed by atoms with van der Waals surface area (Å²) in [6.07, 6.45) is 3.83. The molecule has 3 fully saturated rings. The van der Waals surface area contributed by atoms with Gasteiger partial charge < -0.3 is 25.4 Å². The minimum absolute atomic E-state index is 0.0000989. The van der Waals surface area contributed by atoms with Crippen molar-refractivity contribution in [3.05, 3.63) is 93.3 Å². The summed E-state index contributed by atoms with van der Waals surface area (Å²) in [5.74, 6) is -0.715. The van der Waals surface area contributed by atoms with E-state index in [2.05, 4.69) is 73.8 Å². The molecule has 0 unspecified atom stereocenters. The van der Waals surface area contributed by atoms with E-state index in [-0.39, 0.29) is 29.4 Å². The number of piperazine rings is 1. The van der Waals surface area contributed by atoms with Crippen LogP contribution in [-0.2, 0) is 17.8 Å². The highest BCUT2D eigenvalue weighted by atomic mass is 32.1. The third-order valence-corrected chi connectivity index (χ3v) is 11.2. The van der Waals surface area contributed by atoms with Crippen LogP contribution in [0.3, 0.4) is 0 Å². The Labute approximate surface area is 320 Å². The van der Waals surface area contributed by atoms with Crippen LogP contribution in [0.15, 0.2) is 60.1 Å². The van der Waals surface area contributed by atoms with E-state index in [4.69, 9.17) is 9.47 Å². The Bertz CT molecular complexity index is 1920. The predicted octanol–water partition coefficient (Wildman–Crippen LogP) is 5.93. The highest BCUT2D eigenvalue weighted by Crippen LogP contribution is 2.32. The average Bonchev–Trinajstić information content (AvgIpc) is 3.60. The fraction of sp³-hybridized carbons (Fsp3) is 0.463. The first-order chi connectivity index (χ1) is 26.1. The van der Waals surface area contributed by atoms with Gasteiger partial charge in [0.1, 0.15) is 22.8 Å². The number of amides is 2. The minimum atomic E-state index is -0.623. The lowest BCUT2D eigenvalue weighted by Crippen LogP contribution is -2.53. The monoisotopic (exact) mass is 755 g/mol. The minimum Gasteiger partial charge on any atom is -0.438 e. The Balaban J connectivity index is 1.04. The van der Waals surface area contributed by atoms with Crippen molar-refractivity contribution >= 4 is 23.2 Å². The van der Waals surface area contributed by atoms with Crippen molar-refractivity contribution in [1.82, 2.24) is 35.7 Å². The van der Waals surface area contributed by atoms with Gasteiger partial charge >= 0.3 is 0 Å². The summed E-state index contributed by atoms with van der Waals surface area (Å²) < 4.78 is 26.4. The van der Waals surface area contributed by atoms with Gasteiger partial charge in [-0.05, 0) is 86.9 Å². The molecule has 0 bridgehead atoms. The third-order valence-electron chi connectivity index (χ3n) is 10.4. The van der Waals surface area contributed by atoms with E-state index in [1.54, 1.807) is 5.38 Å². The summed E-state index contributed by atoms with van der Waals surface area (Å²) in [5.41, 5.74) is 5.07. The maximum Gasteiger partial charge on any atom is 0.270 e. The van der Waals surface area contributed by atoms with Crippen LogP contribution in [0.2, 0.25) is 0 Å². The van der Waals surface area contributed by atoms with Crippen molar-refractivity contribution < 1.29 is 23.5 Å². The van der Waals surface area contributed by atoms with Crippen LogP contribution in [0.25, 0.3) is 11.1 Å². The molecule has 4 heterocycles. The van der Waals surface area contributed by atoms with Gasteiger partial charge in [0.05, 0.1) is 24.4 Å². The number of benzene rings is 2. The highest BCUT2D eigenvalue weighted by molar-refractivity contribution is 7.09. The second kappa shape index (κ2) is 17.5. The number of morpholine rings is 1. The van der Waals surface area contributed by atoms with E-state index in [9.17, 15) is 14.0 Å². The number of hydrogen-bond acceptors (Lipinski definition) is 10. The number of aryl methyl sites for hydroxylation is 1. The summed E-state index contributed by atoms with van der Waals surface area (Å²) in [5, 5.41) is 12.3. The van der Waals surface area contributed by atoms with Gasteiger partial charge in [-0.25, -0.2) is 14.4 Å². The van der Waals surface area contributed by atoms with Crippen molar-refractivity contribution in [3.63, 3.8) is 0 Å². The van der Waals surface area contributed by atoms with Gasteiger partial charge in [-0.1, -0.05) is 30.3 Å². The van der Waals surface area contributed by atoms with Crippen LogP contribution in [-0.4, -0.2) is 95.1 Å². The van der Waals surface area contributed by atoms with Crippen molar-refractivity contribution in [3.8, 4) is 22.8 Å². The molecule has 4 aromatic rings. The van der Waals surface area contributed by atoms with E-state index >= 15 is 0 Å². The van der Waals surface area contributed by atoms with E-state index in [0.717, 1.165) is 74.8 Å². The lowest BCUT2D eigenvalue weighted by molar-refractivity contribution is 0.0342. The number of pyridine rings is 1. The summed E-state index contributed by atoms with van der Waals surface area (Å²) in [6.45, 7) is 13.3. The molecule has 11 nitrogen and oxygen atoms in total. The summed E-state index contributed by atoms with van der Waals surface area (Å²) in [7, 11) is 0. The van der Waals surface area contributed by atoms with Crippen LogP contribution in [0, 0.1) is 12.7 Å². The maximum absolute atomic E-state index is 14.5. The van der Waals surface area contributed by atoms with Gasteiger partial charge in [-0.3, -0.25) is 19.4 Å². The number of aromatic nitrogens is 2. The normalized spacial score (nSPS) is 22.4. The first-order valence-electron chi connectivity index (χ1n) is 19.0. The molecule has 3 aliphatic rings. The molecule has 7 rings (SSSR count). The van der Waals surface area contributed by atoms with Gasteiger partial charge in [-0.2, -0.15) is 0 Å². The molecule has 2 atom stereocenters. The van der Waals surface area contributed by atoms with Crippen LogP contribution < -0.4 is 20.7 Å². The van der Waals surface area contributed by atoms with E-state index in [1.807, 2.05) is 25.1 Å². The molecule has 0 spiro atoms. The Morgan fingerprint density at radius 2 is 1.67 bits per heavy atom. The molecule has 54 heavy (non-hydrogen) atoms. The number of hydrogen-bond donors (Lipinski definition) is 3. The third kappa shape index (κ3) is 9.88. The van der Waals surface area contributed by atoms with Gasteiger partial charge in [-0.15, -0.1) is 11.3 Å². The SMILES string of the molecule is Cc1nc(C(=O)NC2CCC(NC(=O)c3cc(F)cnc3Oc3cccc(-c4ccc(CN5C[C@@H](C)N[C@@H](C)C5)cc4CN4CCOCC4)c3)CC2)cs1. The molecule has 3 N–H and O–H groups in total. The molecule has 2 aromatic heterocycles. The van der Waals surface area contributed by atoms with Crippen LogP contribution >= 0.6 is 11.3 Å². The second-order valence-corrected chi connectivity index (χ2v) is 16.0. The van der Waals surface area contributed by atoms with Gasteiger partial charge in [0.15, 0.2) is 0 Å². The van der Waals surface area contributed by atoms with E-state index < -0.39 is 11.7 Å². The molecule has 2 aliphatic heterocycles. The molecule has 0 radical (unpaired) electrons. The summed E-state index contributed by atoms with van der Waals surface area (Å²) >= 11 is 1.44. The van der Waals surface area contributed by atoms with Crippen molar-refractivity contribution in [2.45, 2.75) is 83.7 Å². The largest absolute Gasteiger partial charge is 0.438 e. The number of nitrogens with one attached hydrogen (secondary N) is 3. The zero-order chi connectivity index (χ0) is 37.6. The smallest absolute Gasteiger partial charge is 0.270 e. The second-order valence-electron chi connectivity index (χ2n) is 14.9. The quantitative estimate of drug-likeness (QED) is 0.171. The predicted molar refractivity (Wildman–Crippen MR) is 207 cm³/mol. The average molecular weight is 756 g/mol. The first kappa shape index (κ1) is 38.0. The molecular formula is C41H50FN7O4S. The Morgan fingerprint density at radius 1 is 0.944 bits per heavy atom. The topological polar surface area (TPSA) is 121 Å². The standard InChI is InChI=1S/C41H50FN7O4S/c1-26-21-49(22-27(2)44-26)23-29-7-12-36(31(17-29)24-48-13-15-52-16-14-48)30-5-4-6-35(18-30)53-41-37(19-32(42)20-43-41)39(50)46-33-8-10-34(11-9-33)47-40(51)38-25-54-28(3)45-38/h4-7,12,17-20,25-27,33-34,44H,8-11,13-16,21-24H2,1-3H3,(H,46,50)(H,47,51)/t26-,27+,33?,34?. The summed E-state index contributed by atoms with van der Waals surface area (Å²) in [6, 6.07) is 16.5. The Hall–Kier alpha value is -4.27. The Kier molecular flexibility index (Phi) is 12.3. The molecule has 286 valence electrons. The fourth-order valence-corrected chi connectivity index (χ4v) is 8.46. The highest BCUT2D eigenvalue weighted by Gasteiger charge is 2.27. The molecule has 2 amide bonds. The lowest BCUT2D eigenvalue weighted by atomic mass is 9.91. The number of carbonyl (C=O) groups excluding carboxylic acids is 2. The number of ether oxygens (including phenoxy) is 2. The zero-order valence-electron chi connectivity index (χ0n) is 31.3. The van der Waals surface area contributed by atoms with E-state index in [0.29, 0.717) is 49.2 Å². The van der Waals surface area contributed by atoms with Crippen molar-refractivity contribution in [2.24, 2.45) is 0 Å². The fourth-order valence-electron chi connectivity index (χ4n) is 7.87. The lowest BCUT2D eigenvalue weighted by Gasteiger charge is -2.36. The first-order valence-corrected chi connectivity index (χ1v) is 19.9. The maximum atomic E-state index is 14.5. The summed E-state index contributed by atoms with van der Waals surface area (Å²) in [4.78, 5) is 39.6. The van der Waals surface area contributed by atoms with E-state index in [1.165, 1.54) is 28.5 Å². The van der Waals surface area contributed by atoms with Gasteiger partial charge in [0.25, 0.3) is 11.8 Å². The molecule has 1 aliphatic carbocycles. The molecule has 2 aromatic carbocycles. The van der Waals surface area contributed by atoms with Crippen molar-refractivity contribution in [1.29, 1.82) is 0 Å². The van der Waals surface area contributed by atoms with Gasteiger partial charge in [0.2, 0.25) is 5.88 Å². The number of carbonyl (C=O) groups is 2. The molecule has 1 saturated carbocycles. The number of halogens is 1. The Morgan fingerprint density at radius 3 is 2.37 bits per heavy atom. The number of rotatable bonds is 11. The van der Waals surface area contributed by atoms with Crippen LogP contribution in [0.4, 0.5) is 4.39 Å². The molecule has 2 saturated heterocycles. The molecular weight excluding hydrogens is 706 g/mol. The van der Waals surface area contributed by atoms with Crippen LogP contribution in [0.1, 0.15) is 76.5 Å². The van der Waals surface area contributed by atoms with Crippen LogP contribution in [0.5, 0.6) is 11.6 Å². The van der Waals surface area contributed by atoms with Crippen molar-refractivity contribution in [2.75, 3.05) is 39.4 Å². The zero-order valence-corrected chi connectivity index (χ0v) is 32.1. The molecule has 13 heteroatoms. The number of nitrogens with zero attached hydrogens (tertiary/aromatic N) is 4. The number of thiazole rings is 1. The van der Waals surface area contributed by atoms with Gasteiger partial charge in [0, 0.05) is 68.8 Å².